The fourth-order valence-electron chi connectivity index (χ4n) is 1.67. The third-order valence-electron chi connectivity index (χ3n) is 2.47. The molecule has 0 aliphatic carbocycles. The van der Waals surface area contributed by atoms with Gasteiger partial charge in [-0.15, -0.1) is 0 Å². The summed E-state index contributed by atoms with van der Waals surface area (Å²) in [5, 5.41) is 0. The Hall–Kier alpha value is -0.910. The van der Waals surface area contributed by atoms with E-state index in [2.05, 4.69) is 22.6 Å². The first-order valence-electron chi connectivity index (χ1n) is 4.72. The number of anilines is 1. The van der Waals surface area contributed by atoms with Crippen molar-refractivity contribution in [1.82, 2.24) is 0 Å². The van der Waals surface area contributed by atoms with Gasteiger partial charge >= 0.3 is 0 Å². The van der Waals surface area contributed by atoms with Crippen LogP contribution in [0.15, 0.2) is 24.3 Å². The van der Waals surface area contributed by atoms with Gasteiger partial charge in [-0.1, -0.05) is 19.1 Å². The molecule has 15 heavy (non-hydrogen) atoms. The maximum absolute atomic E-state index is 11.8. The Labute approximate surface area is 102 Å². The largest absolute Gasteiger partial charge is 0.274 e. The van der Waals surface area contributed by atoms with Crippen LogP contribution in [0.5, 0.6) is 0 Å². The van der Waals surface area contributed by atoms with Gasteiger partial charge in [-0.2, -0.15) is 0 Å². The molecule has 1 heterocycles. The molecule has 2 amide bonds. The van der Waals surface area contributed by atoms with E-state index in [0.717, 1.165) is 3.57 Å². The molecule has 1 aliphatic heterocycles. The van der Waals surface area contributed by atoms with E-state index in [9.17, 15) is 9.59 Å². The first-order chi connectivity index (χ1) is 7.11. The normalized spacial score (nSPS) is 21.2. The lowest BCUT2D eigenvalue weighted by Gasteiger charge is -2.15. The highest BCUT2D eigenvalue weighted by Gasteiger charge is 2.37. The van der Waals surface area contributed by atoms with E-state index in [4.69, 9.17) is 0 Å². The van der Waals surface area contributed by atoms with E-state index < -0.39 is 0 Å². The van der Waals surface area contributed by atoms with Crippen LogP contribution in [0, 0.1) is 9.49 Å². The first kappa shape index (κ1) is 10.6. The first-order valence-corrected chi connectivity index (χ1v) is 5.80. The standard InChI is InChI=1S/C11H10INO2/c1-7-6-10(14)13(11(7)15)9-5-3-2-4-8(9)12/h2-5,7H,6H2,1H3. The van der Waals surface area contributed by atoms with Crippen molar-refractivity contribution in [2.45, 2.75) is 13.3 Å². The summed E-state index contributed by atoms with van der Waals surface area (Å²) in [6.07, 6.45) is 0.323. The van der Waals surface area contributed by atoms with E-state index in [1.807, 2.05) is 18.2 Å². The van der Waals surface area contributed by atoms with Gasteiger partial charge in [0.1, 0.15) is 0 Å². The monoisotopic (exact) mass is 315 g/mol. The van der Waals surface area contributed by atoms with Gasteiger partial charge in [0.15, 0.2) is 0 Å². The van der Waals surface area contributed by atoms with Gasteiger partial charge < -0.3 is 0 Å². The summed E-state index contributed by atoms with van der Waals surface area (Å²) in [7, 11) is 0. The average Bonchev–Trinajstić information content (AvgIpc) is 2.43. The molecular formula is C11H10INO2. The Kier molecular flexibility index (Phi) is 2.77. The van der Waals surface area contributed by atoms with Gasteiger partial charge in [-0.3, -0.25) is 9.59 Å². The maximum atomic E-state index is 11.8. The van der Waals surface area contributed by atoms with E-state index in [1.165, 1.54) is 4.90 Å². The summed E-state index contributed by atoms with van der Waals surface area (Å²) in [6.45, 7) is 1.79. The molecule has 1 atom stereocenters. The van der Waals surface area contributed by atoms with Crippen LogP contribution in [0.4, 0.5) is 5.69 Å². The lowest BCUT2D eigenvalue weighted by Crippen LogP contribution is -2.30. The van der Waals surface area contributed by atoms with E-state index in [-0.39, 0.29) is 17.7 Å². The van der Waals surface area contributed by atoms with Crippen LogP contribution in [0.2, 0.25) is 0 Å². The van der Waals surface area contributed by atoms with E-state index in [0.29, 0.717) is 12.1 Å². The lowest BCUT2D eigenvalue weighted by molar-refractivity contribution is -0.122. The number of imide groups is 1. The maximum Gasteiger partial charge on any atom is 0.237 e. The number of benzene rings is 1. The molecule has 0 bridgehead atoms. The Morgan fingerprint density at radius 1 is 1.33 bits per heavy atom. The predicted octanol–water partition coefficient (Wildman–Crippen LogP) is 2.19. The van der Waals surface area contributed by atoms with Crippen LogP contribution in [0.1, 0.15) is 13.3 Å². The molecule has 0 spiro atoms. The van der Waals surface area contributed by atoms with Crippen molar-refractivity contribution < 1.29 is 9.59 Å². The third kappa shape index (κ3) is 1.78. The van der Waals surface area contributed by atoms with E-state index >= 15 is 0 Å². The molecule has 1 aliphatic rings. The number of halogens is 1. The second-order valence-corrected chi connectivity index (χ2v) is 4.79. The SMILES string of the molecule is CC1CC(=O)N(c2ccccc2I)C1=O. The highest BCUT2D eigenvalue weighted by molar-refractivity contribution is 14.1. The number of nitrogens with zero attached hydrogens (tertiary/aromatic N) is 1. The zero-order valence-corrected chi connectivity index (χ0v) is 10.4. The smallest absolute Gasteiger partial charge is 0.237 e. The molecule has 1 unspecified atom stereocenters. The number of carbonyl (C=O) groups is 2. The number of hydrogen-bond donors (Lipinski definition) is 0. The van der Waals surface area contributed by atoms with Gasteiger partial charge in [0, 0.05) is 15.9 Å². The quantitative estimate of drug-likeness (QED) is 0.588. The van der Waals surface area contributed by atoms with Gasteiger partial charge in [0.25, 0.3) is 0 Å². The fraction of sp³-hybridized carbons (Fsp3) is 0.273. The zero-order chi connectivity index (χ0) is 11.0. The summed E-state index contributed by atoms with van der Waals surface area (Å²) in [6, 6.07) is 7.41. The van der Waals surface area contributed by atoms with Gasteiger partial charge in [-0.05, 0) is 34.7 Å². The minimum absolute atomic E-state index is 0.0934. The lowest BCUT2D eigenvalue weighted by atomic mass is 10.1. The zero-order valence-electron chi connectivity index (χ0n) is 8.24. The molecular weight excluding hydrogens is 305 g/mol. The van der Waals surface area contributed by atoms with Crippen LogP contribution in [0.25, 0.3) is 0 Å². The Bertz CT molecular complexity index is 430. The number of hydrogen-bond acceptors (Lipinski definition) is 2. The molecule has 0 N–H and O–H groups in total. The van der Waals surface area contributed by atoms with Gasteiger partial charge in [0.05, 0.1) is 5.69 Å². The van der Waals surface area contributed by atoms with Gasteiger partial charge in [-0.25, -0.2) is 4.90 Å². The second-order valence-electron chi connectivity index (χ2n) is 3.62. The molecule has 1 fully saturated rings. The minimum atomic E-state index is -0.187. The van der Waals surface area contributed by atoms with Crippen molar-refractivity contribution in [3.05, 3.63) is 27.8 Å². The molecule has 1 saturated heterocycles. The summed E-state index contributed by atoms with van der Waals surface area (Å²) in [5.74, 6) is -0.380. The molecule has 0 saturated carbocycles. The van der Waals surface area contributed by atoms with Gasteiger partial charge in [0.2, 0.25) is 11.8 Å². The molecule has 2 rings (SSSR count). The predicted molar refractivity (Wildman–Crippen MR) is 65.4 cm³/mol. The highest BCUT2D eigenvalue weighted by atomic mass is 127. The van der Waals surface area contributed by atoms with Crippen LogP contribution in [-0.2, 0) is 9.59 Å². The summed E-state index contributed by atoms with van der Waals surface area (Å²) < 4.78 is 0.922. The Morgan fingerprint density at radius 2 is 2.00 bits per heavy atom. The van der Waals surface area contributed by atoms with Crippen LogP contribution < -0.4 is 4.90 Å². The van der Waals surface area contributed by atoms with Crippen LogP contribution in [0.3, 0.4) is 0 Å². The number of amides is 2. The van der Waals surface area contributed by atoms with Crippen molar-refractivity contribution in [2.24, 2.45) is 5.92 Å². The molecule has 1 aromatic rings. The van der Waals surface area contributed by atoms with Crippen molar-refractivity contribution in [1.29, 1.82) is 0 Å². The minimum Gasteiger partial charge on any atom is -0.274 e. The van der Waals surface area contributed by atoms with Crippen LogP contribution in [-0.4, -0.2) is 11.8 Å². The summed E-state index contributed by atoms with van der Waals surface area (Å²) in [5.41, 5.74) is 0.706. The summed E-state index contributed by atoms with van der Waals surface area (Å²) in [4.78, 5) is 24.7. The van der Waals surface area contributed by atoms with Crippen LogP contribution >= 0.6 is 22.6 Å². The Morgan fingerprint density at radius 3 is 2.53 bits per heavy atom. The average molecular weight is 315 g/mol. The molecule has 4 heteroatoms. The number of para-hydroxylation sites is 1. The topological polar surface area (TPSA) is 37.4 Å². The molecule has 3 nitrogen and oxygen atoms in total. The Balaban J connectivity index is 2.44. The number of rotatable bonds is 1. The molecule has 1 aromatic carbocycles. The van der Waals surface area contributed by atoms with Crippen molar-refractivity contribution in [3.63, 3.8) is 0 Å². The molecule has 0 radical (unpaired) electrons. The summed E-state index contributed by atoms with van der Waals surface area (Å²) >= 11 is 2.13. The molecule has 0 aromatic heterocycles. The van der Waals surface area contributed by atoms with E-state index in [1.54, 1.807) is 13.0 Å². The molecule has 78 valence electrons. The van der Waals surface area contributed by atoms with Crippen molar-refractivity contribution in [2.75, 3.05) is 4.90 Å². The number of carbonyl (C=O) groups excluding carboxylic acids is 2. The second kappa shape index (κ2) is 3.92. The highest BCUT2D eigenvalue weighted by Crippen LogP contribution is 2.29. The van der Waals surface area contributed by atoms with Crippen molar-refractivity contribution >= 4 is 40.1 Å². The fourth-order valence-corrected chi connectivity index (χ4v) is 2.30. The third-order valence-corrected chi connectivity index (χ3v) is 3.38. The van der Waals surface area contributed by atoms with Crippen molar-refractivity contribution in [3.8, 4) is 0 Å².